The maximum absolute atomic E-state index is 12.1. The molecule has 0 amide bonds. The third-order valence-corrected chi connectivity index (χ3v) is 3.80. The van der Waals surface area contributed by atoms with E-state index in [0.717, 1.165) is 38.3 Å². The van der Waals surface area contributed by atoms with Crippen LogP contribution in [0.4, 0.5) is 0 Å². The van der Waals surface area contributed by atoms with E-state index in [0.29, 0.717) is 17.6 Å². The fourth-order valence-corrected chi connectivity index (χ4v) is 2.92. The van der Waals surface area contributed by atoms with E-state index in [4.69, 9.17) is 0 Å². The third-order valence-electron chi connectivity index (χ3n) is 3.80. The number of rotatable bonds is 2. The lowest BCUT2D eigenvalue weighted by Crippen LogP contribution is -2.29. The quantitative estimate of drug-likeness (QED) is 0.730. The van der Waals surface area contributed by atoms with Gasteiger partial charge in [-0.15, -0.1) is 0 Å². The third kappa shape index (κ3) is 2.17. The first-order chi connectivity index (χ1) is 6.77. The van der Waals surface area contributed by atoms with E-state index in [1.807, 2.05) is 0 Å². The second-order valence-corrected chi connectivity index (χ2v) is 5.06. The van der Waals surface area contributed by atoms with Gasteiger partial charge in [-0.25, -0.2) is 0 Å². The monoisotopic (exact) mass is 195 g/mol. The summed E-state index contributed by atoms with van der Waals surface area (Å²) in [5, 5.41) is 3.28. The molecule has 0 bridgehead atoms. The molecule has 3 unspecified atom stereocenters. The summed E-state index contributed by atoms with van der Waals surface area (Å²) in [4.78, 5) is 12.1. The average Bonchev–Trinajstić information content (AvgIpc) is 2.69. The lowest BCUT2D eigenvalue weighted by atomic mass is 9.77. The summed E-state index contributed by atoms with van der Waals surface area (Å²) >= 11 is 0. The highest BCUT2D eigenvalue weighted by Gasteiger charge is 2.31. The Morgan fingerprint density at radius 1 is 1.21 bits per heavy atom. The van der Waals surface area contributed by atoms with Crippen LogP contribution in [-0.4, -0.2) is 18.9 Å². The van der Waals surface area contributed by atoms with Crippen molar-refractivity contribution in [3.8, 4) is 0 Å². The van der Waals surface area contributed by atoms with Gasteiger partial charge < -0.3 is 5.32 Å². The lowest BCUT2D eigenvalue weighted by molar-refractivity contribution is -0.127. The van der Waals surface area contributed by atoms with Crippen LogP contribution in [0.5, 0.6) is 0 Å². The Balaban J connectivity index is 1.89. The van der Waals surface area contributed by atoms with Crippen LogP contribution in [0.25, 0.3) is 0 Å². The summed E-state index contributed by atoms with van der Waals surface area (Å²) in [7, 11) is 0. The van der Waals surface area contributed by atoms with Crippen molar-refractivity contribution in [1.29, 1.82) is 0 Å². The molecule has 0 aromatic heterocycles. The molecule has 0 radical (unpaired) electrons. The summed E-state index contributed by atoms with van der Waals surface area (Å²) in [6, 6.07) is 0. The van der Waals surface area contributed by atoms with E-state index in [1.54, 1.807) is 0 Å². The van der Waals surface area contributed by atoms with Crippen LogP contribution in [0.1, 0.15) is 39.0 Å². The molecule has 14 heavy (non-hydrogen) atoms. The molecule has 2 nitrogen and oxygen atoms in total. The molecule has 1 saturated heterocycles. The number of hydrogen-bond acceptors (Lipinski definition) is 2. The molecule has 1 aliphatic carbocycles. The van der Waals surface area contributed by atoms with E-state index in [9.17, 15) is 4.79 Å². The molecule has 2 rings (SSSR count). The van der Waals surface area contributed by atoms with Crippen molar-refractivity contribution in [2.24, 2.45) is 17.8 Å². The Hall–Kier alpha value is -0.370. The molecule has 0 spiro atoms. The summed E-state index contributed by atoms with van der Waals surface area (Å²) in [5.41, 5.74) is 0. The summed E-state index contributed by atoms with van der Waals surface area (Å²) < 4.78 is 0. The first-order valence-corrected chi connectivity index (χ1v) is 6.02. The van der Waals surface area contributed by atoms with Crippen molar-refractivity contribution in [3.05, 3.63) is 0 Å². The Labute approximate surface area is 86.5 Å². The van der Waals surface area contributed by atoms with Crippen LogP contribution in [0, 0.1) is 17.8 Å². The molecule has 1 saturated carbocycles. The zero-order valence-electron chi connectivity index (χ0n) is 9.09. The minimum Gasteiger partial charge on any atom is -0.316 e. The second kappa shape index (κ2) is 4.43. The molecule has 80 valence electrons. The van der Waals surface area contributed by atoms with Crippen LogP contribution >= 0.6 is 0 Å². The fourth-order valence-electron chi connectivity index (χ4n) is 2.92. The summed E-state index contributed by atoms with van der Waals surface area (Å²) in [5.74, 6) is 2.06. The molecular formula is C12H21NO. The second-order valence-electron chi connectivity index (χ2n) is 5.06. The Morgan fingerprint density at radius 2 is 2.07 bits per heavy atom. The predicted molar refractivity (Wildman–Crippen MR) is 57.1 cm³/mol. The van der Waals surface area contributed by atoms with Gasteiger partial charge in [0.1, 0.15) is 5.78 Å². The maximum atomic E-state index is 12.1. The van der Waals surface area contributed by atoms with E-state index in [1.165, 1.54) is 12.8 Å². The minimum atomic E-state index is 0.338. The van der Waals surface area contributed by atoms with Gasteiger partial charge in [-0.2, -0.15) is 0 Å². The highest BCUT2D eigenvalue weighted by molar-refractivity contribution is 5.84. The minimum absolute atomic E-state index is 0.338. The number of nitrogens with one attached hydrogen (secondary N) is 1. The van der Waals surface area contributed by atoms with Crippen LogP contribution in [0.2, 0.25) is 0 Å². The Kier molecular flexibility index (Phi) is 3.22. The zero-order chi connectivity index (χ0) is 9.97. The van der Waals surface area contributed by atoms with Crippen molar-refractivity contribution in [2.45, 2.75) is 39.0 Å². The van der Waals surface area contributed by atoms with Crippen molar-refractivity contribution >= 4 is 5.78 Å². The Bertz CT molecular complexity index is 208. The van der Waals surface area contributed by atoms with Crippen molar-refractivity contribution in [1.82, 2.24) is 5.32 Å². The van der Waals surface area contributed by atoms with Crippen molar-refractivity contribution < 1.29 is 4.79 Å². The first-order valence-electron chi connectivity index (χ1n) is 6.02. The number of carbonyl (C=O) groups is 1. The van der Waals surface area contributed by atoms with Gasteiger partial charge in [0, 0.05) is 18.4 Å². The summed E-state index contributed by atoms with van der Waals surface area (Å²) in [6.45, 7) is 4.26. The van der Waals surface area contributed by atoms with Gasteiger partial charge in [0.2, 0.25) is 0 Å². The van der Waals surface area contributed by atoms with Gasteiger partial charge in [0.25, 0.3) is 0 Å². The molecule has 2 fully saturated rings. The maximum Gasteiger partial charge on any atom is 0.140 e. The van der Waals surface area contributed by atoms with E-state index in [2.05, 4.69) is 12.2 Å². The van der Waals surface area contributed by atoms with Gasteiger partial charge in [-0.05, 0) is 31.7 Å². The molecular weight excluding hydrogens is 174 g/mol. The van der Waals surface area contributed by atoms with Gasteiger partial charge >= 0.3 is 0 Å². The molecule has 2 aliphatic rings. The fraction of sp³-hybridized carbons (Fsp3) is 0.917. The molecule has 1 heterocycles. The molecule has 1 N–H and O–H groups in total. The lowest BCUT2D eigenvalue weighted by Gasteiger charge is -2.27. The molecule has 2 heteroatoms. The Morgan fingerprint density at radius 3 is 2.71 bits per heavy atom. The van der Waals surface area contributed by atoms with Gasteiger partial charge in [0.15, 0.2) is 0 Å². The number of Topliss-reactive ketones (excluding diaryl/α,β-unsaturated/α-hetero) is 1. The predicted octanol–water partition coefficient (Wildman–Crippen LogP) is 1.99. The van der Waals surface area contributed by atoms with Crippen LogP contribution in [0.3, 0.4) is 0 Å². The molecule has 0 aromatic rings. The molecule has 3 atom stereocenters. The number of hydrogen-bond donors (Lipinski definition) is 1. The van der Waals surface area contributed by atoms with Gasteiger partial charge in [0.05, 0.1) is 0 Å². The standard InChI is InChI=1S/C12H21NO/c1-9-3-2-4-10(7-9)12(14)11-5-6-13-8-11/h9-11,13H,2-8H2,1H3. The van der Waals surface area contributed by atoms with Crippen molar-refractivity contribution in [2.75, 3.05) is 13.1 Å². The topological polar surface area (TPSA) is 29.1 Å². The molecule has 1 aliphatic heterocycles. The number of carbonyl (C=O) groups excluding carboxylic acids is 1. The zero-order valence-corrected chi connectivity index (χ0v) is 9.09. The van der Waals surface area contributed by atoms with E-state index < -0.39 is 0 Å². The van der Waals surface area contributed by atoms with Gasteiger partial charge in [-0.1, -0.05) is 19.8 Å². The SMILES string of the molecule is CC1CCCC(C(=O)C2CCNC2)C1. The van der Waals surface area contributed by atoms with E-state index >= 15 is 0 Å². The largest absolute Gasteiger partial charge is 0.316 e. The van der Waals surface area contributed by atoms with Crippen molar-refractivity contribution in [3.63, 3.8) is 0 Å². The summed E-state index contributed by atoms with van der Waals surface area (Å²) in [6.07, 6.45) is 5.96. The van der Waals surface area contributed by atoms with Gasteiger partial charge in [-0.3, -0.25) is 4.79 Å². The van der Waals surface area contributed by atoms with Crippen LogP contribution in [0.15, 0.2) is 0 Å². The first kappa shape index (κ1) is 10.2. The average molecular weight is 195 g/mol. The van der Waals surface area contributed by atoms with Crippen LogP contribution < -0.4 is 5.32 Å². The molecule has 0 aromatic carbocycles. The van der Waals surface area contributed by atoms with E-state index in [-0.39, 0.29) is 0 Å². The smallest absolute Gasteiger partial charge is 0.140 e. The normalized spacial score (nSPS) is 38.5. The highest BCUT2D eigenvalue weighted by atomic mass is 16.1. The number of ketones is 1. The van der Waals surface area contributed by atoms with Crippen LogP contribution in [-0.2, 0) is 4.79 Å². The highest BCUT2D eigenvalue weighted by Crippen LogP contribution is 2.31.